The first kappa shape index (κ1) is 20.3. The van der Waals surface area contributed by atoms with Crippen LogP contribution in [-0.4, -0.2) is 18.7 Å². The predicted molar refractivity (Wildman–Crippen MR) is 120 cm³/mol. The van der Waals surface area contributed by atoms with Crippen LogP contribution >= 0.6 is 0 Å². The number of nitrogens with zero attached hydrogens (tertiary/aromatic N) is 4. The molecular formula is C26H22N4O. The second-order valence-electron chi connectivity index (χ2n) is 8.26. The average Bonchev–Trinajstić information content (AvgIpc) is 3.39. The number of nitriles is 3. The van der Waals surface area contributed by atoms with Gasteiger partial charge in [0.15, 0.2) is 11.3 Å². The Bertz CT molecular complexity index is 1250. The Labute approximate surface area is 182 Å². The minimum absolute atomic E-state index is 0.0603. The molecule has 2 heterocycles. The summed E-state index contributed by atoms with van der Waals surface area (Å²) in [6, 6.07) is 18.6. The molecule has 0 unspecified atom stereocenters. The third-order valence-electron chi connectivity index (χ3n) is 5.83. The molecule has 4 rings (SSSR count). The van der Waals surface area contributed by atoms with Crippen LogP contribution in [-0.2, 0) is 4.74 Å². The molecular weight excluding hydrogens is 384 g/mol. The summed E-state index contributed by atoms with van der Waals surface area (Å²) >= 11 is 0. The van der Waals surface area contributed by atoms with E-state index in [2.05, 4.69) is 47.4 Å². The van der Waals surface area contributed by atoms with Crippen molar-refractivity contribution < 1.29 is 4.74 Å². The van der Waals surface area contributed by atoms with Gasteiger partial charge < -0.3 is 9.64 Å². The van der Waals surface area contributed by atoms with Crippen molar-refractivity contribution in [2.75, 3.05) is 18.0 Å². The SMILES string of the molecule is CC1(C)OC(=C(C#N)C#N)C(C#N)=C1/C=C/c1ccc2cc(N3CCCC3)ccc2c1. The van der Waals surface area contributed by atoms with Crippen molar-refractivity contribution in [1.29, 1.82) is 15.8 Å². The zero-order valence-corrected chi connectivity index (χ0v) is 17.6. The number of anilines is 1. The molecule has 0 atom stereocenters. The van der Waals surface area contributed by atoms with Crippen LogP contribution in [0, 0.1) is 34.0 Å². The molecule has 2 aromatic rings. The van der Waals surface area contributed by atoms with Gasteiger partial charge in [-0.25, -0.2) is 0 Å². The van der Waals surface area contributed by atoms with Crippen LogP contribution in [0.2, 0.25) is 0 Å². The highest BCUT2D eigenvalue weighted by Crippen LogP contribution is 2.40. The van der Waals surface area contributed by atoms with E-state index >= 15 is 0 Å². The van der Waals surface area contributed by atoms with Crippen LogP contribution in [0.3, 0.4) is 0 Å². The second-order valence-corrected chi connectivity index (χ2v) is 8.26. The summed E-state index contributed by atoms with van der Waals surface area (Å²) in [5, 5.41) is 30.4. The lowest BCUT2D eigenvalue weighted by Gasteiger charge is -2.20. The van der Waals surface area contributed by atoms with Crippen LogP contribution in [0.15, 0.2) is 65.0 Å². The molecule has 2 aliphatic rings. The van der Waals surface area contributed by atoms with E-state index in [9.17, 15) is 15.8 Å². The van der Waals surface area contributed by atoms with Gasteiger partial charge in [0, 0.05) is 24.4 Å². The number of rotatable bonds is 3. The number of ether oxygens (including phenoxy) is 1. The number of hydrogen-bond donors (Lipinski definition) is 0. The number of benzene rings is 2. The first-order valence-electron chi connectivity index (χ1n) is 10.3. The molecule has 0 radical (unpaired) electrons. The predicted octanol–water partition coefficient (Wildman–Crippen LogP) is 5.38. The van der Waals surface area contributed by atoms with Crippen molar-refractivity contribution in [2.24, 2.45) is 0 Å². The van der Waals surface area contributed by atoms with Crippen LogP contribution < -0.4 is 4.90 Å². The second kappa shape index (κ2) is 8.02. The van der Waals surface area contributed by atoms with Crippen LogP contribution in [0.4, 0.5) is 5.69 Å². The van der Waals surface area contributed by atoms with Crippen LogP contribution in [0.1, 0.15) is 32.3 Å². The zero-order chi connectivity index (χ0) is 22.0. The Balaban J connectivity index is 1.68. The van der Waals surface area contributed by atoms with Gasteiger partial charge in [-0.3, -0.25) is 0 Å². The van der Waals surface area contributed by atoms with Gasteiger partial charge >= 0.3 is 0 Å². The minimum Gasteiger partial charge on any atom is -0.480 e. The number of hydrogen-bond acceptors (Lipinski definition) is 5. The maximum absolute atomic E-state index is 9.65. The Kier molecular flexibility index (Phi) is 5.24. The first-order valence-corrected chi connectivity index (χ1v) is 10.3. The molecule has 0 saturated carbocycles. The van der Waals surface area contributed by atoms with Crippen molar-refractivity contribution in [3.8, 4) is 18.2 Å². The van der Waals surface area contributed by atoms with Gasteiger partial charge in [-0.1, -0.05) is 30.4 Å². The van der Waals surface area contributed by atoms with Crippen molar-refractivity contribution in [3.05, 3.63) is 70.5 Å². The molecule has 152 valence electrons. The lowest BCUT2D eigenvalue weighted by Crippen LogP contribution is -2.20. The summed E-state index contributed by atoms with van der Waals surface area (Å²) in [6.07, 6.45) is 6.29. The largest absolute Gasteiger partial charge is 0.480 e. The molecule has 2 aromatic carbocycles. The van der Waals surface area contributed by atoms with Gasteiger partial charge in [-0.2, -0.15) is 15.8 Å². The van der Waals surface area contributed by atoms with Gasteiger partial charge in [0.1, 0.15) is 29.4 Å². The Morgan fingerprint density at radius 3 is 2.32 bits per heavy atom. The molecule has 0 bridgehead atoms. The molecule has 5 nitrogen and oxygen atoms in total. The van der Waals surface area contributed by atoms with Gasteiger partial charge in [-0.05, 0) is 61.2 Å². The summed E-state index contributed by atoms with van der Waals surface area (Å²) in [5.41, 5.74) is 2.16. The molecule has 1 fully saturated rings. The summed E-state index contributed by atoms with van der Waals surface area (Å²) in [6.45, 7) is 5.89. The normalized spacial score (nSPS) is 17.5. The van der Waals surface area contributed by atoms with E-state index in [1.165, 1.54) is 23.9 Å². The van der Waals surface area contributed by atoms with E-state index in [4.69, 9.17) is 4.74 Å². The van der Waals surface area contributed by atoms with Crippen molar-refractivity contribution in [2.45, 2.75) is 32.3 Å². The number of allylic oxidation sites excluding steroid dienone is 2. The van der Waals surface area contributed by atoms with Crippen LogP contribution in [0.5, 0.6) is 0 Å². The lowest BCUT2D eigenvalue weighted by molar-refractivity contribution is 0.0954. The van der Waals surface area contributed by atoms with Gasteiger partial charge in [-0.15, -0.1) is 0 Å². The maximum atomic E-state index is 9.65. The fraction of sp³-hybridized carbons (Fsp3) is 0.269. The maximum Gasteiger partial charge on any atom is 0.172 e. The molecule has 0 aromatic heterocycles. The Morgan fingerprint density at radius 1 is 0.968 bits per heavy atom. The summed E-state index contributed by atoms with van der Waals surface area (Å²) in [5.74, 6) is 0.0603. The summed E-state index contributed by atoms with van der Waals surface area (Å²) in [4.78, 5) is 2.42. The summed E-state index contributed by atoms with van der Waals surface area (Å²) in [7, 11) is 0. The Morgan fingerprint density at radius 2 is 1.65 bits per heavy atom. The Hall–Kier alpha value is -4.01. The van der Waals surface area contributed by atoms with Crippen molar-refractivity contribution in [1.82, 2.24) is 0 Å². The van der Waals surface area contributed by atoms with E-state index in [1.54, 1.807) is 0 Å². The molecule has 0 amide bonds. The molecule has 1 saturated heterocycles. The molecule has 0 aliphatic carbocycles. The molecule has 31 heavy (non-hydrogen) atoms. The third kappa shape index (κ3) is 3.77. The lowest BCUT2D eigenvalue weighted by atomic mass is 9.94. The first-order chi connectivity index (χ1) is 15.0. The molecule has 0 N–H and O–H groups in total. The highest BCUT2D eigenvalue weighted by molar-refractivity contribution is 5.88. The highest BCUT2D eigenvalue weighted by atomic mass is 16.5. The van der Waals surface area contributed by atoms with E-state index < -0.39 is 5.60 Å². The molecule has 5 heteroatoms. The van der Waals surface area contributed by atoms with Crippen molar-refractivity contribution in [3.63, 3.8) is 0 Å². The van der Waals surface area contributed by atoms with Gasteiger partial charge in [0.05, 0.1) is 0 Å². The van der Waals surface area contributed by atoms with E-state index in [0.717, 1.165) is 24.0 Å². The summed E-state index contributed by atoms with van der Waals surface area (Å²) < 4.78 is 5.81. The zero-order valence-electron chi connectivity index (χ0n) is 17.6. The van der Waals surface area contributed by atoms with Crippen molar-refractivity contribution >= 4 is 22.5 Å². The fourth-order valence-electron chi connectivity index (χ4n) is 4.19. The standard InChI is InChI=1S/C26H22N4O/c1-26(2)24(23(17-29)25(31-26)21(15-27)16-28)10-6-18-5-7-20-14-22(9-8-19(20)13-18)30-11-3-4-12-30/h5-10,13-14H,3-4,11-12H2,1-2H3/b10-6+. The van der Waals surface area contributed by atoms with E-state index in [0.29, 0.717) is 5.57 Å². The minimum atomic E-state index is -0.808. The smallest absolute Gasteiger partial charge is 0.172 e. The van der Waals surface area contributed by atoms with Gasteiger partial charge in [0.25, 0.3) is 0 Å². The molecule has 2 aliphatic heterocycles. The van der Waals surface area contributed by atoms with E-state index in [1.807, 2.05) is 38.1 Å². The monoisotopic (exact) mass is 406 g/mol. The quantitative estimate of drug-likeness (QED) is 0.639. The number of fused-ring (bicyclic) bond motifs is 1. The van der Waals surface area contributed by atoms with Crippen LogP contribution in [0.25, 0.3) is 16.8 Å². The van der Waals surface area contributed by atoms with E-state index in [-0.39, 0.29) is 16.9 Å². The fourth-order valence-corrected chi connectivity index (χ4v) is 4.19. The average molecular weight is 406 g/mol. The van der Waals surface area contributed by atoms with Gasteiger partial charge in [0.2, 0.25) is 0 Å². The third-order valence-corrected chi connectivity index (χ3v) is 5.83. The highest BCUT2D eigenvalue weighted by Gasteiger charge is 2.38. The molecule has 0 spiro atoms. The topological polar surface area (TPSA) is 83.8 Å².